The summed E-state index contributed by atoms with van der Waals surface area (Å²) in [4.78, 5) is 46.2. The Morgan fingerprint density at radius 2 is 1.72 bits per heavy atom. The molecule has 0 bridgehead atoms. The van der Waals surface area contributed by atoms with Crippen molar-refractivity contribution >= 4 is 23.5 Å². The van der Waals surface area contributed by atoms with E-state index in [4.69, 9.17) is 23.8 Å². The topological polar surface area (TPSA) is 137 Å². The summed E-state index contributed by atoms with van der Waals surface area (Å²) >= 11 is 0. The smallest absolute Gasteiger partial charge is 0.329 e. The molecule has 0 aromatic heterocycles. The van der Waals surface area contributed by atoms with Gasteiger partial charge in [0.1, 0.15) is 34.9 Å². The van der Waals surface area contributed by atoms with Crippen LogP contribution in [0.15, 0.2) is 47.6 Å². The van der Waals surface area contributed by atoms with E-state index in [1.807, 2.05) is 0 Å². The van der Waals surface area contributed by atoms with Gasteiger partial charge in [0.25, 0.3) is 11.8 Å². The van der Waals surface area contributed by atoms with Gasteiger partial charge in [0.2, 0.25) is 5.60 Å². The Labute approximate surface area is 206 Å². The Morgan fingerprint density at radius 3 is 2.25 bits per heavy atom. The van der Waals surface area contributed by atoms with Crippen LogP contribution in [0.25, 0.3) is 0 Å². The Balaban J connectivity index is 1.80. The molecule has 0 radical (unpaired) electrons. The third-order valence-electron chi connectivity index (χ3n) is 6.25. The maximum absolute atomic E-state index is 13.8. The SMILES string of the molecule is COC(=O)[C@@H]1C[C@@]2(ON=C(c3c(OC)cc(OC)cc3OC)[C@H]2C#N)C(=O)N1C(=O)c1ccccc1. The average molecular weight is 493 g/mol. The number of likely N-dealkylation sites (tertiary alicyclic amines) is 1. The molecule has 36 heavy (non-hydrogen) atoms. The molecule has 0 aliphatic carbocycles. The summed E-state index contributed by atoms with van der Waals surface area (Å²) in [5.74, 6) is -2.77. The third-order valence-corrected chi connectivity index (χ3v) is 6.25. The molecule has 2 aliphatic rings. The molecule has 1 saturated heterocycles. The van der Waals surface area contributed by atoms with Crippen molar-refractivity contribution in [1.82, 2.24) is 4.90 Å². The van der Waals surface area contributed by atoms with Gasteiger partial charge in [0.15, 0.2) is 0 Å². The predicted octanol–water partition coefficient (Wildman–Crippen LogP) is 1.94. The van der Waals surface area contributed by atoms with E-state index < -0.39 is 35.3 Å². The van der Waals surface area contributed by atoms with Crippen LogP contribution < -0.4 is 14.2 Å². The molecular weight excluding hydrogens is 470 g/mol. The molecule has 2 aromatic carbocycles. The number of hydrogen-bond donors (Lipinski definition) is 0. The van der Waals surface area contributed by atoms with Gasteiger partial charge in [-0.05, 0) is 12.1 Å². The number of nitriles is 1. The Kier molecular flexibility index (Phi) is 6.53. The van der Waals surface area contributed by atoms with Gasteiger partial charge in [-0.15, -0.1) is 0 Å². The van der Waals surface area contributed by atoms with E-state index in [2.05, 4.69) is 11.2 Å². The van der Waals surface area contributed by atoms with Crippen LogP contribution in [-0.2, 0) is 19.2 Å². The molecule has 1 spiro atoms. The van der Waals surface area contributed by atoms with Gasteiger partial charge in [-0.2, -0.15) is 5.26 Å². The average Bonchev–Trinajstić information content (AvgIpc) is 3.44. The zero-order valence-corrected chi connectivity index (χ0v) is 20.0. The standard InChI is InChI=1S/C25H23N3O8/c1-32-15-10-18(33-2)20(19(11-15)34-3)21-16(13-26)25(36-27-21)12-17(23(30)35-4)28(24(25)31)22(29)14-8-6-5-7-9-14/h5-11,16-17H,12H2,1-4H3/t16-,17+,25+/m1/s1. The molecule has 186 valence electrons. The number of oxime groups is 1. The van der Waals surface area contributed by atoms with Crippen LogP contribution in [0.4, 0.5) is 0 Å². The molecule has 2 amide bonds. The zero-order chi connectivity index (χ0) is 26.0. The molecule has 0 saturated carbocycles. The van der Waals surface area contributed by atoms with E-state index in [0.717, 1.165) is 12.0 Å². The first kappa shape index (κ1) is 24.5. The number of imide groups is 1. The molecule has 11 heteroatoms. The third kappa shape index (κ3) is 3.67. The second-order valence-electron chi connectivity index (χ2n) is 8.02. The Hall–Kier alpha value is -4.59. The minimum atomic E-state index is -1.94. The number of benzene rings is 2. The van der Waals surface area contributed by atoms with Gasteiger partial charge >= 0.3 is 5.97 Å². The number of ether oxygens (including phenoxy) is 4. The summed E-state index contributed by atoms with van der Waals surface area (Å²) in [6, 6.07) is 11.9. The van der Waals surface area contributed by atoms with E-state index in [0.29, 0.717) is 5.75 Å². The van der Waals surface area contributed by atoms with Crippen LogP contribution in [0.5, 0.6) is 17.2 Å². The van der Waals surface area contributed by atoms with Gasteiger partial charge in [-0.3, -0.25) is 14.5 Å². The lowest BCUT2D eigenvalue weighted by atomic mass is 9.80. The summed E-state index contributed by atoms with van der Waals surface area (Å²) in [6.45, 7) is 0. The fourth-order valence-corrected chi connectivity index (χ4v) is 4.48. The molecule has 1 fully saturated rings. The number of amides is 2. The van der Waals surface area contributed by atoms with Crippen molar-refractivity contribution < 1.29 is 38.2 Å². The summed E-state index contributed by atoms with van der Waals surface area (Å²) < 4.78 is 21.1. The summed E-state index contributed by atoms with van der Waals surface area (Å²) in [5.41, 5.74) is -1.43. The molecule has 2 aliphatic heterocycles. The number of nitrogens with zero attached hydrogens (tertiary/aromatic N) is 3. The molecule has 3 atom stereocenters. The minimum Gasteiger partial charge on any atom is -0.496 e. The Bertz CT molecular complexity index is 1260. The largest absolute Gasteiger partial charge is 0.496 e. The quantitative estimate of drug-likeness (QED) is 0.437. The van der Waals surface area contributed by atoms with Crippen molar-refractivity contribution in [2.24, 2.45) is 11.1 Å². The second kappa shape index (κ2) is 9.58. The number of methoxy groups -OCH3 is 4. The first-order valence-electron chi connectivity index (χ1n) is 10.8. The molecule has 11 nitrogen and oxygen atoms in total. The summed E-state index contributed by atoms with van der Waals surface area (Å²) in [7, 11) is 5.45. The van der Waals surface area contributed by atoms with Gasteiger partial charge < -0.3 is 23.8 Å². The van der Waals surface area contributed by atoms with Gasteiger partial charge in [-0.25, -0.2) is 4.79 Å². The van der Waals surface area contributed by atoms with E-state index in [1.165, 1.54) is 33.5 Å². The number of carbonyl (C=O) groups is 3. The predicted molar refractivity (Wildman–Crippen MR) is 124 cm³/mol. The highest BCUT2D eigenvalue weighted by Crippen LogP contribution is 2.47. The molecule has 2 heterocycles. The van der Waals surface area contributed by atoms with Crippen LogP contribution in [0, 0.1) is 17.2 Å². The highest BCUT2D eigenvalue weighted by Gasteiger charge is 2.67. The lowest BCUT2D eigenvalue weighted by Gasteiger charge is -2.24. The number of rotatable bonds is 6. The van der Waals surface area contributed by atoms with Crippen molar-refractivity contribution in [3.8, 4) is 23.3 Å². The van der Waals surface area contributed by atoms with Crippen LogP contribution in [0.2, 0.25) is 0 Å². The number of carbonyl (C=O) groups excluding carboxylic acids is 3. The van der Waals surface area contributed by atoms with Crippen molar-refractivity contribution in [2.75, 3.05) is 28.4 Å². The normalized spacial score (nSPS) is 22.5. The van der Waals surface area contributed by atoms with E-state index >= 15 is 0 Å². The van der Waals surface area contributed by atoms with Crippen molar-refractivity contribution in [2.45, 2.75) is 18.1 Å². The number of hydrogen-bond acceptors (Lipinski definition) is 10. The fraction of sp³-hybridized carbons (Fsp3) is 0.320. The van der Waals surface area contributed by atoms with Crippen LogP contribution >= 0.6 is 0 Å². The van der Waals surface area contributed by atoms with E-state index in [9.17, 15) is 19.6 Å². The highest BCUT2D eigenvalue weighted by atomic mass is 16.7. The van der Waals surface area contributed by atoms with Crippen LogP contribution in [-0.4, -0.2) is 68.5 Å². The lowest BCUT2D eigenvalue weighted by Crippen LogP contribution is -2.49. The second-order valence-corrected chi connectivity index (χ2v) is 8.02. The van der Waals surface area contributed by atoms with Gasteiger partial charge in [-0.1, -0.05) is 23.4 Å². The molecule has 0 N–H and O–H groups in total. The van der Waals surface area contributed by atoms with Crippen LogP contribution in [0.1, 0.15) is 22.3 Å². The van der Waals surface area contributed by atoms with Gasteiger partial charge in [0, 0.05) is 24.1 Å². The highest BCUT2D eigenvalue weighted by molar-refractivity contribution is 6.17. The maximum Gasteiger partial charge on any atom is 0.329 e. The zero-order valence-electron chi connectivity index (χ0n) is 20.0. The van der Waals surface area contributed by atoms with Crippen molar-refractivity contribution in [1.29, 1.82) is 5.26 Å². The summed E-state index contributed by atoms with van der Waals surface area (Å²) in [6.07, 6.45) is -0.330. The van der Waals surface area contributed by atoms with E-state index in [-0.39, 0.29) is 34.8 Å². The number of esters is 1. The molecular formula is C25H23N3O8. The van der Waals surface area contributed by atoms with E-state index in [1.54, 1.807) is 30.3 Å². The summed E-state index contributed by atoms with van der Waals surface area (Å²) in [5, 5.41) is 14.3. The first-order chi connectivity index (χ1) is 17.4. The first-order valence-corrected chi connectivity index (χ1v) is 10.8. The Morgan fingerprint density at radius 1 is 1.08 bits per heavy atom. The molecule has 4 rings (SSSR count). The molecule has 0 unspecified atom stereocenters. The lowest BCUT2D eigenvalue weighted by molar-refractivity contribution is -0.150. The maximum atomic E-state index is 13.8. The molecule has 2 aromatic rings. The fourth-order valence-electron chi connectivity index (χ4n) is 4.48. The minimum absolute atomic E-state index is 0.0554. The van der Waals surface area contributed by atoms with Crippen LogP contribution in [0.3, 0.4) is 0 Å². The van der Waals surface area contributed by atoms with Gasteiger partial charge in [0.05, 0.1) is 40.1 Å². The van der Waals surface area contributed by atoms with Crippen molar-refractivity contribution in [3.63, 3.8) is 0 Å². The van der Waals surface area contributed by atoms with Crippen molar-refractivity contribution in [3.05, 3.63) is 53.6 Å². The monoisotopic (exact) mass is 493 g/mol.